The lowest BCUT2D eigenvalue weighted by atomic mass is 10.0. The topological polar surface area (TPSA) is 154 Å². The van der Waals surface area contributed by atoms with Gasteiger partial charge in [0, 0.05) is 19.3 Å². The molecule has 0 amide bonds. The van der Waals surface area contributed by atoms with Gasteiger partial charge in [0.05, 0.1) is 12.8 Å². The molecule has 0 aliphatic heterocycles. The highest BCUT2D eigenvalue weighted by Gasteiger charge is 2.19. The highest BCUT2D eigenvalue weighted by Crippen LogP contribution is 2.17. The summed E-state index contributed by atoms with van der Waals surface area (Å²) in [5.74, 6) is -2.99. The Labute approximate surface area is 399 Å². The largest absolute Gasteiger partial charge is 0.481 e. The molecule has 65 heavy (non-hydrogen) atoms. The van der Waals surface area contributed by atoms with E-state index in [2.05, 4.69) is 20.8 Å². The van der Waals surface area contributed by atoms with E-state index in [4.69, 9.17) is 24.4 Å². The van der Waals surface area contributed by atoms with Gasteiger partial charge in [0.1, 0.15) is 13.2 Å². The van der Waals surface area contributed by atoms with Gasteiger partial charge >= 0.3 is 29.8 Å². The van der Waals surface area contributed by atoms with E-state index < -0.39 is 18.0 Å². The minimum Gasteiger partial charge on any atom is -0.481 e. The summed E-state index contributed by atoms with van der Waals surface area (Å²) in [7, 11) is 0. The van der Waals surface area contributed by atoms with Crippen LogP contribution >= 0.6 is 0 Å². The van der Waals surface area contributed by atoms with Crippen molar-refractivity contribution >= 4 is 29.8 Å². The summed E-state index contributed by atoms with van der Waals surface area (Å²) in [6.07, 6.45) is 48.7. The van der Waals surface area contributed by atoms with Gasteiger partial charge in [0.15, 0.2) is 6.10 Å². The van der Waals surface area contributed by atoms with E-state index in [1.807, 2.05) is 0 Å². The Hall–Kier alpha value is -2.65. The van der Waals surface area contributed by atoms with Crippen LogP contribution in [-0.4, -0.2) is 59.4 Å². The van der Waals surface area contributed by atoms with Gasteiger partial charge in [-0.3, -0.25) is 24.0 Å². The Morgan fingerprint density at radius 1 is 0.292 bits per heavy atom. The Bertz CT molecular complexity index is 1000. The first kappa shape index (κ1) is 64.4. The maximum Gasteiger partial charge on any atom is 0.306 e. The number of esters is 3. The fourth-order valence-corrected chi connectivity index (χ4v) is 7.95. The van der Waals surface area contributed by atoms with Crippen molar-refractivity contribution in [3.05, 3.63) is 0 Å². The molecule has 0 atom stereocenters. The predicted molar refractivity (Wildman–Crippen MR) is 267 cm³/mol. The number of hydrogen-bond donors (Lipinski definition) is 2. The van der Waals surface area contributed by atoms with Gasteiger partial charge in [0.2, 0.25) is 0 Å². The molecule has 0 radical (unpaired) electrons. The normalized spacial score (nSPS) is 11.0. The van der Waals surface area contributed by atoms with Gasteiger partial charge in [-0.2, -0.15) is 0 Å². The summed E-state index contributed by atoms with van der Waals surface area (Å²) in [6, 6.07) is 0. The zero-order valence-corrected chi connectivity index (χ0v) is 42.8. The second-order valence-electron chi connectivity index (χ2n) is 18.7. The van der Waals surface area contributed by atoms with Gasteiger partial charge < -0.3 is 24.4 Å². The third kappa shape index (κ3) is 57.4. The van der Waals surface area contributed by atoms with Crippen molar-refractivity contribution < 1.29 is 48.4 Å². The van der Waals surface area contributed by atoms with Crippen molar-refractivity contribution in [2.45, 2.75) is 309 Å². The monoisotopic (exact) mass is 925 g/mol. The molecule has 384 valence electrons. The molecule has 10 heteroatoms. The lowest BCUT2D eigenvalue weighted by Gasteiger charge is -2.18. The molecule has 0 fully saturated rings. The lowest BCUT2D eigenvalue weighted by molar-refractivity contribution is -0.167. The number of ether oxygens (including phenoxy) is 3. The first-order chi connectivity index (χ1) is 31.7. The SMILES string of the molecule is CCCCCCCCCCCCCCCC(=O)OCC(COC(=O)CCCCCCCCCCCCCCC)OC(=O)CCCCCCCCCCCCCCC.O=C(O)CCC(=O)O. The summed E-state index contributed by atoms with van der Waals surface area (Å²) in [4.78, 5) is 57.2. The molecular formula is C55H104O10. The zero-order chi connectivity index (χ0) is 48.1. The minimum atomic E-state index is -1.08. The van der Waals surface area contributed by atoms with Crippen LogP contribution in [0.4, 0.5) is 0 Å². The summed E-state index contributed by atoms with van der Waals surface area (Å²) in [5, 5.41) is 15.8. The Balaban J connectivity index is 0. The van der Waals surface area contributed by atoms with Crippen LogP contribution in [0.3, 0.4) is 0 Å². The van der Waals surface area contributed by atoms with Crippen molar-refractivity contribution in [2.75, 3.05) is 13.2 Å². The summed E-state index contributed by atoms with van der Waals surface area (Å²) in [5.41, 5.74) is 0. The van der Waals surface area contributed by atoms with Crippen molar-refractivity contribution in [1.29, 1.82) is 0 Å². The standard InChI is InChI=1S/C51H98O6.C4H6O4/c1-4-7-10-13-16-19-22-25-28-31-34-37-40-43-49(52)55-46-48(57-51(54)45-42-39-36-33-30-27-24-21-18-15-12-9-6-3)47-56-50(53)44-41-38-35-32-29-26-23-20-17-14-11-8-5-2;5-3(6)1-2-4(7)8/h48H,4-47H2,1-3H3;1-2H2,(H,5,6)(H,7,8). The van der Waals surface area contributed by atoms with Crippen LogP contribution in [0.5, 0.6) is 0 Å². The molecule has 0 aromatic rings. The Morgan fingerprint density at radius 2 is 0.492 bits per heavy atom. The third-order valence-corrected chi connectivity index (χ3v) is 12.2. The Kier molecular flexibility index (Phi) is 53.5. The molecule has 0 rings (SSSR count). The molecular weight excluding hydrogens is 821 g/mol. The van der Waals surface area contributed by atoms with Gasteiger partial charge in [-0.1, -0.05) is 252 Å². The van der Waals surface area contributed by atoms with Crippen LogP contribution in [0, 0.1) is 0 Å². The molecule has 0 aliphatic rings. The van der Waals surface area contributed by atoms with E-state index in [0.717, 1.165) is 57.8 Å². The molecule has 0 saturated carbocycles. The second-order valence-corrected chi connectivity index (χ2v) is 18.7. The van der Waals surface area contributed by atoms with E-state index in [0.29, 0.717) is 19.3 Å². The van der Waals surface area contributed by atoms with E-state index in [9.17, 15) is 24.0 Å². The van der Waals surface area contributed by atoms with Crippen molar-refractivity contribution in [3.8, 4) is 0 Å². The summed E-state index contributed by atoms with van der Waals surface area (Å²) >= 11 is 0. The van der Waals surface area contributed by atoms with Gasteiger partial charge in [-0.25, -0.2) is 0 Å². The maximum atomic E-state index is 12.8. The van der Waals surface area contributed by atoms with Crippen molar-refractivity contribution in [1.82, 2.24) is 0 Å². The number of carboxylic acid groups (broad SMARTS) is 2. The van der Waals surface area contributed by atoms with Crippen molar-refractivity contribution in [2.24, 2.45) is 0 Å². The Morgan fingerprint density at radius 3 is 0.708 bits per heavy atom. The number of carbonyl (C=O) groups excluding carboxylic acids is 3. The van der Waals surface area contributed by atoms with Crippen LogP contribution in [0.2, 0.25) is 0 Å². The van der Waals surface area contributed by atoms with E-state index in [1.54, 1.807) is 0 Å². The molecule has 0 spiro atoms. The first-order valence-corrected chi connectivity index (χ1v) is 27.6. The smallest absolute Gasteiger partial charge is 0.306 e. The fourth-order valence-electron chi connectivity index (χ4n) is 7.95. The lowest BCUT2D eigenvalue weighted by Crippen LogP contribution is -2.30. The third-order valence-electron chi connectivity index (χ3n) is 12.2. The molecule has 0 heterocycles. The van der Waals surface area contributed by atoms with Crippen LogP contribution in [0.15, 0.2) is 0 Å². The number of carbonyl (C=O) groups is 5. The average molecular weight is 925 g/mol. The highest BCUT2D eigenvalue weighted by atomic mass is 16.6. The molecule has 0 unspecified atom stereocenters. The number of unbranched alkanes of at least 4 members (excludes halogenated alkanes) is 36. The fraction of sp³-hybridized carbons (Fsp3) is 0.909. The predicted octanol–water partition coefficient (Wildman–Crippen LogP) is 16.4. The molecule has 0 bridgehead atoms. The van der Waals surface area contributed by atoms with Crippen LogP contribution in [0.25, 0.3) is 0 Å². The molecule has 0 aromatic carbocycles. The van der Waals surface area contributed by atoms with Crippen molar-refractivity contribution in [3.63, 3.8) is 0 Å². The molecule has 10 nitrogen and oxygen atoms in total. The van der Waals surface area contributed by atoms with Gasteiger partial charge in [-0.05, 0) is 19.3 Å². The number of aliphatic carboxylic acids is 2. The quantitative estimate of drug-likeness (QED) is 0.0342. The number of rotatable bonds is 50. The number of hydrogen-bond acceptors (Lipinski definition) is 8. The highest BCUT2D eigenvalue weighted by molar-refractivity contribution is 5.75. The average Bonchev–Trinajstić information content (AvgIpc) is 3.28. The molecule has 0 aromatic heterocycles. The zero-order valence-electron chi connectivity index (χ0n) is 42.8. The first-order valence-electron chi connectivity index (χ1n) is 27.6. The molecule has 0 aliphatic carbocycles. The van der Waals surface area contributed by atoms with E-state index in [1.165, 1.54) is 193 Å². The maximum absolute atomic E-state index is 12.8. The van der Waals surface area contributed by atoms with Gasteiger partial charge in [-0.15, -0.1) is 0 Å². The van der Waals surface area contributed by atoms with Crippen LogP contribution < -0.4 is 0 Å². The van der Waals surface area contributed by atoms with Gasteiger partial charge in [0.25, 0.3) is 0 Å². The number of carboxylic acids is 2. The molecule has 2 N–H and O–H groups in total. The second kappa shape index (κ2) is 54.0. The minimum absolute atomic E-state index is 0.0619. The van der Waals surface area contributed by atoms with E-state index >= 15 is 0 Å². The van der Waals surface area contributed by atoms with Crippen LogP contribution in [-0.2, 0) is 38.2 Å². The summed E-state index contributed by atoms with van der Waals surface area (Å²) < 4.78 is 16.8. The van der Waals surface area contributed by atoms with Crippen LogP contribution in [0.1, 0.15) is 303 Å². The van der Waals surface area contributed by atoms with E-state index in [-0.39, 0.29) is 44.0 Å². The summed E-state index contributed by atoms with van der Waals surface area (Å²) in [6.45, 7) is 6.67. The molecule has 0 saturated heterocycles.